The molecule has 4 rings (SSSR count). The second kappa shape index (κ2) is 11.2. The molecule has 1 aromatic carbocycles. The highest BCUT2D eigenvalue weighted by molar-refractivity contribution is 7.10. The minimum atomic E-state index is -0.277. The van der Waals surface area contributed by atoms with E-state index < -0.39 is 0 Å². The number of hydrogen-bond donors (Lipinski definition) is 0. The molecule has 1 aliphatic heterocycles. The highest BCUT2D eigenvalue weighted by Crippen LogP contribution is 2.41. The van der Waals surface area contributed by atoms with Crippen LogP contribution >= 0.6 is 34.5 Å². The predicted octanol–water partition coefficient (Wildman–Crippen LogP) is 5.58. The van der Waals surface area contributed by atoms with Crippen LogP contribution in [0, 0.1) is 5.92 Å². The summed E-state index contributed by atoms with van der Waals surface area (Å²) >= 11 is 14.4. The topological polar surface area (TPSA) is 49.9 Å². The molecular weight excluding hydrogens is 479 g/mol. The summed E-state index contributed by atoms with van der Waals surface area (Å²) < 4.78 is 5.46. The first kappa shape index (κ1) is 24.5. The van der Waals surface area contributed by atoms with Gasteiger partial charge in [-0.05, 0) is 67.3 Å². The van der Waals surface area contributed by atoms with Crippen molar-refractivity contribution in [2.24, 2.45) is 5.92 Å². The number of fused-ring (bicyclic) bond motifs is 1. The van der Waals surface area contributed by atoms with Gasteiger partial charge in [0.15, 0.2) is 0 Å². The van der Waals surface area contributed by atoms with Crippen molar-refractivity contribution in [3.8, 4) is 0 Å². The zero-order chi connectivity index (χ0) is 23.4. The van der Waals surface area contributed by atoms with Crippen molar-refractivity contribution in [1.82, 2.24) is 9.80 Å². The van der Waals surface area contributed by atoms with E-state index in [-0.39, 0.29) is 30.3 Å². The third kappa shape index (κ3) is 5.56. The van der Waals surface area contributed by atoms with Gasteiger partial charge in [-0.2, -0.15) is 0 Å². The summed E-state index contributed by atoms with van der Waals surface area (Å²) in [5.41, 5.74) is 1.97. The molecule has 0 bridgehead atoms. The van der Waals surface area contributed by atoms with Crippen LogP contribution in [0.3, 0.4) is 0 Å². The van der Waals surface area contributed by atoms with E-state index in [0.29, 0.717) is 36.3 Å². The van der Waals surface area contributed by atoms with Gasteiger partial charge in [0, 0.05) is 47.1 Å². The van der Waals surface area contributed by atoms with Gasteiger partial charge in [-0.25, -0.2) is 0 Å². The molecule has 1 aromatic heterocycles. The molecule has 178 valence electrons. The van der Waals surface area contributed by atoms with Gasteiger partial charge >= 0.3 is 0 Å². The standard InChI is InChI=1S/C25H30Cl2N2O3S/c1-2-32-13-4-11-28(25(31)17-5-3-6-17)16-23(30)29-12-9-22-20(10-14-33-22)24(29)19-8-7-18(26)15-21(19)27/h7-8,10,14-15,17,24H,2-6,9,11-13,16H2,1H3. The van der Waals surface area contributed by atoms with E-state index in [1.54, 1.807) is 22.3 Å². The number of benzene rings is 1. The number of rotatable bonds is 9. The normalized spacial score (nSPS) is 18.0. The first-order chi connectivity index (χ1) is 16.0. The summed E-state index contributed by atoms with van der Waals surface area (Å²) in [6.45, 7) is 4.41. The molecule has 1 unspecified atom stereocenters. The van der Waals surface area contributed by atoms with Gasteiger partial charge in [-0.1, -0.05) is 35.7 Å². The number of nitrogens with zero attached hydrogens (tertiary/aromatic N) is 2. The van der Waals surface area contributed by atoms with E-state index in [9.17, 15) is 9.59 Å². The lowest BCUT2D eigenvalue weighted by Crippen LogP contribution is -2.49. The number of carbonyl (C=O) groups excluding carboxylic acids is 2. The van der Waals surface area contributed by atoms with Crippen molar-refractivity contribution in [2.75, 3.05) is 32.8 Å². The number of hydrogen-bond acceptors (Lipinski definition) is 4. The average Bonchev–Trinajstić information content (AvgIpc) is 3.23. The lowest BCUT2D eigenvalue weighted by molar-refractivity contribution is -0.145. The molecule has 2 aromatic rings. The Kier molecular flexibility index (Phi) is 8.34. The van der Waals surface area contributed by atoms with Crippen molar-refractivity contribution in [2.45, 2.75) is 45.1 Å². The van der Waals surface area contributed by atoms with E-state index in [0.717, 1.165) is 43.2 Å². The van der Waals surface area contributed by atoms with Gasteiger partial charge in [-0.3, -0.25) is 9.59 Å². The van der Waals surface area contributed by atoms with Crippen LogP contribution in [0.15, 0.2) is 29.6 Å². The average molecular weight is 509 g/mol. The first-order valence-corrected chi connectivity index (χ1v) is 13.3. The monoisotopic (exact) mass is 508 g/mol. The van der Waals surface area contributed by atoms with Crippen LogP contribution in [-0.4, -0.2) is 54.5 Å². The number of ether oxygens (including phenoxy) is 1. The molecular formula is C25H30Cl2N2O3S. The molecule has 8 heteroatoms. The van der Waals surface area contributed by atoms with Crippen LogP contribution < -0.4 is 0 Å². The molecule has 1 aliphatic carbocycles. The Morgan fingerprint density at radius 2 is 2.03 bits per heavy atom. The number of carbonyl (C=O) groups is 2. The van der Waals surface area contributed by atoms with Crippen molar-refractivity contribution in [1.29, 1.82) is 0 Å². The van der Waals surface area contributed by atoms with E-state index in [1.165, 1.54) is 4.88 Å². The van der Waals surface area contributed by atoms with Gasteiger partial charge in [0.25, 0.3) is 0 Å². The molecule has 5 nitrogen and oxygen atoms in total. The van der Waals surface area contributed by atoms with Crippen LogP contribution in [0.4, 0.5) is 0 Å². The van der Waals surface area contributed by atoms with Crippen LogP contribution in [0.25, 0.3) is 0 Å². The number of halogens is 2. The second-order valence-corrected chi connectivity index (χ2v) is 10.5. The summed E-state index contributed by atoms with van der Waals surface area (Å²) in [4.78, 5) is 31.6. The maximum absolute atomic E-state index is 13.7. The molecule has 1 saturated carbocycles. The van der Waals surface area contributed by atoms with E-state index in [1.807, 2.05) is 24.0 Å². The van der Waals surface area contributed by atoms with Crippen LogP contribution in [0.5, 0.6) is 0 Å². The first-order valence-electron chi connectivity index (χ1n) is 11.7. The smallest absolute Gasteiger partial charge is 0.242 e. The fourth-order valence-electron chi connectivity index (χ4n) is 4.58. The number of thiophene rings is 1. The predicted molar refractivity (Wildman–Crippen MR) is 133 cm³/mol. The van der Waals surface area contributed by atoms with Gasteiger partial charge < -0.3 is 14.5 Å². The Bertz CT molecular complexity index is 992. The summed E-state index contributed by atoms with van der Waals surface area (Å²) in [7, 11) is 0. The summed E-state index contributed by atoms with van der Waals surface area (Å²) in [5.74, 6) is 0.101. The SMILES string of the molecule is CCOCCCN(CC(=O)N1CCc2sccc2C1c1ccc(Cl)cc1Cl)C(=O)C1CCC1. The van der Waals surface area contributed by atoms with Crippen molar-refractivity contribution in [3.63, 3.8) is 0 Å². The van der Waals surface area contributed by atoms with E-state index >= 15 is 0 Å². The summed E-state index contributed by atoms with van der Waals surface area (Å²) in [6.07, 6.45) is 4.45. The fourth-order valence-corrected chi connectivity index (χ4v) is 6.00. The van der Waals surface area contributed by atoms with Gasteiger partial charge in [0.2, 0.25) is 11.8 Å². The highest BCUT2D eigenvalue weighted by atomic mass is 35.5. The van der Waals surface area contributed by atoms with Crippen LogP contribution in [-0.2, 0) is 20.7 Å². The Balaban J connectivity index is 1.56. The molecule has 1 fully saturated rings. The third-order valence-corrected chi connectivity index (χ3v) is 8.12. The van der Waals surface area contributed by atoms with Crippen molar-refractivity contribution < 1.29 is 14.3 Å². The summed E-state index contributed by atoms with van der Waals surface area (Å²) in [5, 5.41) is 3.17. The Morgan fingerprint density at radius 3 is 2.73 bits per heavy atom. The van der Waals surface area contributed by atoms with Gasteiger partial charge in [0.05, 0.1) is 12.6 Å². The molecule has 0 radical (unpaired) electrons. The van der Waals surface area contributed by atoms with Gasteiger partial charge in [-0.15, -0.1) is 11.3 Å². The summed E-state index contributed by atoms with van der Waals surface area (Å²) in [6, 6.07) is 7.24. The Labute approximate surface area is 209 Å². The maximum atomic E-state index is 13.7. The van der Waals surface area contributed by atoms with Crippen molar-refractivity contribution >= 4 is 46.4 Å². The largest absolute Gasteiger partial charge is 0.382 e. The quantitative estimate of drug-likeness (QED) is 0.415. The highest BCUT2D eigenvalue weighted by Gasteiger charge is 2.36. The molecule has 0 saturated heterocycles. The molecule has 2 heterocycles. The second-order valence-electron chi connectivity index (χ2n) is 8.64. The maximum Gasteiger partial charge on any atom is 0.242 e. The minimum Gasteiger partial charge on any atom is -0.382 e. The number of amides is 2. The fraction of sp³-hybridized carbons (Fsp3) is 0.520. The molecule has 0 N–H and O–H groups in total. The third-order valence-electron chi connectivity index (χ3n) is 6.56. The minimum absolute atomic E-state index is 0.0491. The lowest BCUT2D eigenvalue weighted by Gasteiger charge is -2.39. The van der Waals surface area contributed by atoms with E-state index in [4.69, 9.17) is 27.9 Å². The zero-order valence-corrected chi connectivity index (χ0v) is 21.2. The Morgan fingerprint density at radius 1 is 1.21 bits per heavy atom. The zero-order valence-electron chi connectivity index (χ0n) is 18.9. The van der Waals surface area contributed by atoms with Crippen LogP contribution in [0.2, 0.25) is 10.0 Å². The molecule has 2 amide bonds. The van der Waals surface area contributed by atoms with Crippen LogP contribution in [0.1, 0.15) is 54.7 Å². The van der Waals surface area contributed by atoms with E-state index in [2.05, 4.69) is 11.4 Å². The van der Waals surface area contributed by atoms with Gasteiger partial charge in [0.1, 0.15) is 0 Å². The molecule has 33 heavy (non-hydrogen) atoms. The lowest BCUT2D eigenvalue weighted by atomic mass is 9.84. The van der Waals surface area contributed by atoms with Crippen molar-refractivity contribution in [3.05, 3.63) is 55.7 Å². The molecule has 1 atom stereocenters. The molecule has 2 aliphatic rings. The Hall–Kier alpha value is -1.60. The molecule has 0 spiro atoms.